The number of aromatic nitrogens is 1. The Bertz CT molecular complexity index is 596. The second-order valence-electron chi connectivity index (χ2n) is 4.56. The van der Waals surface area contributed by atoms with Gasteiger partial charge in [0.2, 0.25) is 10.0 Å². The molecule has 0 radical (unpaired) electrons. The molecule has 7 nitrogen and oxygen atoms in total. The molecule has 9 heteroatoms. The van der Waals surface area contributed by atoms with Crippen LogP contribution < -0.4 is 5.32 Å². The summed E-state index contributed by atoms with van der Waals surface area (Å²) in [5.41, 5.74) is 0. The highest BCUT2D eigenvalue weighted by molar-refractivity contribution is 7.89. The van der Waals surface area contributed by atoms with Gasteiger partial charge in [-0.2, -0.15) is 4.31 Å². The van der Waals surface area contributed by atoms with Gasteiger partial charge in [0.05, 0.1) is 30.9 Å². The highest BCUT2D eigenvalue weighted by atomic mass is 35.5. The molecule has 2 N–H and O–H groups in total. The molecule has 0 aromatic carbocycles. The van der Waals surface area contributed by atoms with Crippen LogP contribution in [0.25, 0.3) is 0 Å². The monoisotopic (exact) mass is 335 g/mol. The quantitative estimate of drug-likeness (QED) is 0.816. The van der Waals surface area contributed by atoms with E-state index in [-0.39, 0.29) is 29.7 Å². The van der Waals surface area contributed by atoms with E-state index in [4.69, 9.17) is 16.3 Å². The largest absolute Gasteiger partial charge is 0.395 e. The molecule has 0 amide bonds. The third-order valence-corrected chi connectivity index (χ3v) is 5.36. The maximum atomic E-state index is 12.6. The molecule has 1 aliphatic heterocycles. The first kappa shape index (κ1) is 16.4. The van der Waals surface area contributed by atoms with Gasteiger partial charge in [-0.05, 0) is 13.0 Å². The molecule has 2 rings (SSSR count). The Morgan fingerprint density at radius 1 is 1.62 bits per heavy atom. The predicted octanol–water partition coefficient (Wildman–Crippen LogP) is 0.549. The van der Waals surface area contributed by atoms with E-state index in [1.807, 2.05) is 6.92 Å². The number of ether oxygens (including phenoxy) is 1. The van der Waals surface area contributed by atoms with Crippen LogP contribution in [0.2, 0.25) is 5.02 Å². The van der Waals surface area contributed by atoms with Gasteiger partial charge in [0.15, 0.2) is 0 Å². The van der Waals surface area contributed by atoms with Crippen molar-refractivity contribution in [3.63, 3.8) is 0 Å². The lowest BCUT2D eigenvalue weighted by Crippen LogP contribution is -2.50. The summed E-state index contributed by atoms with van der Waals surface area (Å²) in [7, 11) is -3.76. The van der Waals surface area contributed by atoms with Crippen LogP contribution >= 0.6 is 11.6 Å². The van der Waals surface area contributed by atoms with E-state index in [2.05, 4.69) is 10.3 Å². The third-order valence-electron chi connectivity index (χ3n) is 3.15. The SMILES string of the molecule is CCNc1ncc(S(=O)(=O)N2CCOCC2CO)cc1Cl. The molecule has 1 aromatic rings. The zero-order valence-electron chi connectivity index (χ0n) is 11.6. The summed E-state index contributed by atoms with van der Waals surface area (Å²) in [5.74, 6) is 0.443. The summed E-state index contributed by atoms with van der Waals surface area (Å²) in [6.07, 6.45) is 1.27. The molecule has 0 spiro atoms. The van der Waals surface area contributed by atoms with Crippen LogP contribution in [0.5, 0.6) is 0 Å². The molecule has 1 atom stereocenters. The number of nitrogens with zero attached hydrogens (tertiary/aromatic N) is 2. The molecule has 0 aliphatic carbocycles. The fourth-order valence-electron chi connectivity index (χ4n) is 2.09. The van der Waals surface area contributed by atoms with E-state index >= 15 is 0 Å². The van der Waals surface area contributed by atoms with Crippen LogP contribution in [0.15, 0.2) is 17.2 Å². The smallest absolute Gasteiger partial charge is 0.245 e. The molecule has 0 bridgehead atoms. The lowest BCUT2D eigenvalue weighted by molar-refractivity contribution is 0.0109. The topological polar surface area (TPSA) is 91.8 Å². The summed E-state index contributed by atoms with van der Waals surface area (Å²) in [5, 5.41) is 12.5. The van der Waals surface area contributed by atoms with Crippen LogP contribution in [0.4, 0.5) is 5.82 Å². The van der Waals surface area contributed by atoms with Crippen LogP contribution in [-0.4, -0.2) is 61.8 Å². The number of hydrogen-bond acceptors (Lipinski definition) is 6. The van der Waals surface area contributed by atoms with E-state index in [0.29, 0.717) is 19.0 Å². The van der Waals surface area contributed by atoms with Crippen molar-refractivity contribution >= 4 is 27.4 Å². The van der Waals surface area contributed by atoms with Crippen molar-refractivity contribution in [3.8, 4) is 0 Å². The summed E-state index contributed by atoms with van der Waals surface area (Å²) in [4.78, 5) is 4.05. The molecule has 1 saturated heterocycles. The third kappa shape index (κ3) is 3.46. The standard InChI is InChI=1S/C12H18ClN3O4S/c1-2-14-12-11(13)5-10(6-15-12)21(18,19)16-3-4-20-8-9(16)7-17/h5-6,9,17H,2-4,7-8H2,1H3,(H,14,15). The Kier molecular flexibility index (Phi) is 5.39. The van der Waals surface area contributed by atoms with Crippen molar-refractivity contribution in [2.24, 2.45) is 0 Å². The van der Waals surface area contributed by atoms with Crippen molar-refractivity contribution in [3.05, 3.63) is 17.3 Å². The maximum absolute atomic E-state index is 12.6. The number of aliphatic hydroxyl groups is 1. The number of nitrogens with one attached hydrogen (secondary N) is 1. The molecule has 0 saturated carbocycles. The number of morpholine rings is 1. The number of rotatable bonds is 5. The highest BCUT2D eigenvalue weighted by Crippen LogP contribution is 2.26. The maximum Gasteiger partial charge on any atom is 0.245 e. The average Bonchev–Trinajstić information content (AvgIpc) is 2.49. The van der Waals surface area contributed by atoms with E-state index in [1.54, 1.807) is 0 Å². The first-order valence-electron chi connectivity index (χ1n) is 6.60. The van der Waals surface area contributed by atoms with Crippen molar-refractivity contribution in [1.82, 2.24) is 9.29 Å². The molecule has 1 aromatic heterocycles. The van der Waals surface area contributed by atoms with Gasteiger partial charge in [0.1, 0.15) is 10.7 Å². The van der Waals surface area contributed by atoms with Gasteiger partial charge < -0.3 is 15.2 Å². The normalized spacial score (nSPS) is 20.4. The molecule has 1 aliphatic rings. The van der Waals surface area contributed by atoms with Crippen LogP contribution in [0, 0.1) is 0 Å². The number of halogens is 1. The number of anilines is 1. The van der Waals surface area contributed by atoms with E-state index < -0.39 is 16.1 Å². The number of sulfonamides is 1. The molecular weight excluding hydrogens is 318 g/mol. The minimum Gasteiger partial charge on any atom is -0.395 e. The Hall–Kier alpha value is -0.930. The van der Waals surface area contributed by atoms with Crippen molar-refractivity contribution in [2.75, 3.05) is 38.2 Å². The fourth-order valence-corrected chi connectivity index (χ4v) is 3.95. The van der Waals surface area contributed by atoms with Crippen LogP contribution in [0.3, 0.4) is 0 Å². The van der Waals surface area contributed by atoms with Gasteiger partial charge in [-0.25, -0.2) is 13.4 Å². The number of pyridine rings is 1. The molecule has 118 valence electrons. The first-order valence-corrected chi connectivity index (χ1v) is 8.42. The van der Waals surface area contributed by atoms with E-state index in [1.165, 1.54) is 16.6 Å². The van der Waals surface area contributed by atoms with Gasteiger partial charge in [-0.15, -0.1) is 0 Å². The Morgan fingerprint density at radius 3 is 3.00 bits per heavy atom. The van der Waals surface area contributed by atoms with Crippen molar-refractivity contribution < 1.29 is 18.3 Å². The molecule has 1 unspecified atom stereocenters. The zero-order chi connectivity index (χ0) is 15.5. The second kappa shape index (κ2) is 6.89. The van der Waals surface area contributed by atoms with Gasteiger partial charge in [0.25, 0.3) is 0 Å². The first-order chi connectivity index (χ1) is 10.0. The molecular formula is C12H18ClN3O4S. The zero-order valence-corrected chi connectivity index (χ0v) is 13.2. The van der Waals surface area contributed by atoms with Gasteiger partial charge in [-0.3, -0.25) is 0 Å². The average molecular weight is 336 g/mol. The summed E-state index contributed by atoms with van der Waals surface area (Å²) in [6.45, 7) is 2.89. The minimum atomic E-state index is -3.76. The predicted molar refractivity (Wildman–Crippen MR) is 79.0 cm³/mol. The number of aliphatic hydroxyl groups excluding tert-OH is 1. The minimum absolute atomic E-state index is 0.00880. The number of hydrogen-bond donors (Lipinski definition) is 2. The van der Waals surface area contributed by atoms with Gasteiger partial charge in [-0.1, -0.05) is 11.6 Å². The van der Waals surface area contributed by atoms with Crippen LogP contribution in [0.1, 0.15) is 6.92 Å². The summed E-state index contributed by atoms with van der Waals surface area (Å²) >= 11 is 6.04. The molecule has 2 heterocycles. The van der Waals surface area contributed by atoms with Crippen molar-refractivity contribution in [1.29, 1.82) is 0 Å². The molecule has 1 fully saturated rings. The van der Waals surface area contributed by atoms with Crippen molar-refractivity contribution in [2.45, 2.75) is 17.9 Å². The van der Waals surface area contributed by atoms with Gasteiger partial charge in [0, 0.05) is 19.3 Å². The Labute approximate surface area is 128 Å². The Balaban J connectivity index is 2.32. The summed E-state index contributed by atoms with van der Waals surface area (Å²) < 4.78 is 31.7. The fraction of sp³-hybridized carbons (Fsp3) is 0.583. The molecule has 21 heavy (non-hydrogen) atoms. The lowest BCUT2D eigenvalue weighted by atomic mass is 10.3. The lowest BCUT2D eigenvalue weighted by Gasteiger charge is -2.33. The Morgan fingerprint density at radius 2 is 2.38 bits per heavy atom. The van der Waals surface area contributed by atoms with E-state index in [0.717, 1.165) is 0 Å². The van der Waals surface area contributed by atoms with Gasteiger partial charge >= 0.3 is 0 Å². The summed E-state index contributed by atoms with van der Waals surface area (Å²) in [6, 6.07) is 0.780. The second-order valence-corrected chi connectivity index (χ2v) is 6.86. The highest BCUT2D eigenvalue weighted by Gasteiger charge is 2.34. The van der Waals surface area contributed by atoms with E-state index in [9.17, 15) is 13.5 Å². The van der Waals surface area contributed by atoms with Crippen LogP contribution in [-0.2, 0) is 14.8 Å².